The van der Waals surface area contributed by atoms with E-state index in [9.17, 15) is 0 Å². The molecule has 4 rings (SSSR count). The fraction of sp³-hybridized carbons (Fsp3) is 0.400. The topological polar surface area (TPSA) is 45.4 Å². The Labute approximate surface area is 158 Å². The van der Waals surface area contributed by atoms with E-state index in [1.807, 2.05) is 17.5 Å². The molecule has 1 aliphatic rings. The fourth-order valence-electron chi connectivity index (χ4n) is 3.41. The zero-order valence-corrected chi connectivity index (χ0v) is 16.1. The molecule has 0 radical (unpaired) electrons. The minimum Gasteiger partial charge on any atom is -0.418 e. The first kappa shape index (κ1) is 17.2. The highest BCUT2D eigenvalue weighted by Crippen LogP contribution is 2.29. The van der Waals surface area contributed by atoms with Crippen LogP contribution in [0, 0.1) is 0 Å². The predicted molar refractivity (Wildman–Crippen MR) is 105 cm³/mol. The molecule has 0 saturated carbocycles. The quantitative estimate of drug-likeness (QED) is 0.637. The van der Waals surface area contributed by atoms with Crippen molar-refractivity contribution in [1.29, 1.82) is 0 Å². The summed E-state index contributed by atoms with van der Waals surface area (Å²) in [6, 6.07) is 12.8. The van der Waals surface area contributed by atoms with Gasteiger partial charge in [-0.25, -0.2) is 0 Å². The van der Waals surface area contributed by atoms with Crippen molar-refractivity contribution in [2.24, 2.45) is 0 Å². The van der Waals surface area contributed by atoms with Gasteiger partial charge in [0.15, 0.2) is 0 Å². The Morgan fingerprint density at radius 2 is 1.96 bits per heavy atom. The van der Waals surface area contributed by atoms with Crippen molar-refractivity contribution in [2.75, 3.05) is 25.0 Å². The van der Waals surface area contributed by atoms with E-state index < -0.39 is 0 Å². The van der Waals surface area contributed by atoms with Crippen LogP contribution < -0.4 is 4.90 Å². The van der Waals surface area contributed by atoms with Crippen LogP contribution >= 0.6 is 11.3 Å². The fourth-order valence-corrected chi connectivity index (χ4v) is 4.05. The monoisotopic (exact) mass is 368 g/mol. The molecule has 1 fully saturated rings. The lowest BCUT2D eigenvalue weighted by molar-refractivity contribution is 0.218. The molecule has 26 heavy (non-hydrogen) atoms. The third kappa shape index (κ3) is 3.52. The van der Waals surface area contributed by atoms with Gasteiger partial charge < -0.3 is 9.32 Å². The predicted octanol–water partition coefficient (Wildman–Crippen LogP) is 4.59. The maximum absolute atomic E-state index is 5.91. The van der Waals surface area contributed by atoms with Gasteiger partial charge in [-0.05, 0) is 49.9 Å². The van der Waals surface area contributed by atoms with E-state index in [1.165, 1.54) is 24.1 Å². The number of nitrogens with zero attached hydrogens (tertiary/aromatic N) is 4. The summed E-state index contributed by atoms with van der Waals surface area (Å²) in [5, 5.41) is 10.5. The smallest absolute Gasteiger partial charge is 0.257 e. The number of thiophene rings is 1. The van der Waals surface area contributed by atoms with Crippen LogP contribution in [0.2, 0.25) is 0 Å². The summed E-state index contributed by atoms with van der Waals surface area (Å²) in [7, 11) is 2.11. The van der Waals surface area contributed by atoms with Gasteiger partial charge in [-0.3, -0.25) is 4.90 Å². The molecule has 1 aromatic carbocycles. The number of hydrogen-bond acceptors (Lipinski definition) is 6. The van der Waals surface area contributed by atoms with Gasteiger partial charge in [0.25, 0.3) is 5.89 Å². The van der Waals surface area contributed by atoms with Crippen molar-refractivity contribution in [3.8, 4) is 10.8 Å². The summed E-state index contributed by atoms with van der Waals surface area (Å²) in [5.74, 6) is 1.27. The normalized spacial score (nSPS) is 15.7. The Morgan fingerprint density at radius 3 is 2.73 bits per heavy atom. The number of aromatic nitrogens is 2. The van der Waals surface area contributed by atoms with Crippen molar-refractivity contribution >= 4 is 17.0 Å². The summed E-state index contributed by atoms with van der Waals surface area (Å²) < 4.78 is 5.91. The molecule has 2 aromatic heterocycles. The molecule has 0 N–H and O–H groups in total. The average Bonchev–Trinajstić information content (AvgIpc) is 3.43. The lowest BCUT2D eigenvalue weighted by Crippen LogP contribution is -2.25. The largest absolute Gasteiger partial charge is 0.418 e. The second-order valence-electron chi connectivity index (χ2n) is 6.84. The maximum Gasteiger partial charge on any atom is 0.257 e. The van der Waals surface area contributed by atoms with Crippen molar-refractivity contribution in [2.45, 2.75) is 32.4 Å². The van der Waals surface area contributed by atoms with Gasteiger partial charge in [0.1, 0.15) is 0 Å². The van der Waals surface area contributed by atoms with E-state index >= 15 is 0 Å². The summed E-state index contributed by atoms with van der Waals surface area (Å²) in [4.78, 5) is 5.77. The highest BCUT2D eigenvalue weighted by atomic mass is 32.1. The van der Waals surface area contributed by atoms with Gasteiger partial charge in [-0.1, -0.05) is 24.3 Å². The van der Waals surface area contributed by atoms with Crippen LogP contribution in [-0.2, 0) is 6.54 Å². The molecule has 3 heterocycles. The zero-order valence-electron chi connectivity index (χ0n) is 15.3. The minimum atomic E-state index is 0.0582. The first-order valence-corrected chi connectivity index (χ1v) is 10.0. The number of anilines is 1. The molecule has 1 saturated heterocycles. The van der Waals surface area contributed by atoms with Gasteiger partial charge >= 0.3 is 0 Å². The van der Waals surface area contributed by atoms with Gasteiger partial charge in [-0.15, -0.1) is 21.5 Å². The lowest BCUT2D eigenvalue weighted by atomic mass is 10.1. The molecule has 0 bridgehead atoms. The summed E-state index contributed by atoms with van der Waals surface area (Å²) in [6.07, 6.45) is 2.57. The molecule has 1 atom stereocenters. The standard InChI is InChI=1S/C20H24N4OS/c1-15(19-21-22-20(25-19)18-10-7-13-26-18)23(2)14-16-8-3-4-9-17(16)24-11-5-6-12-24/h3-4,7-10,13,15H,5-6,11-12,14H2,1-2H3. The van der Waals surface area contributed by atoms with E-state index in [-0.39, 0.29) is 6.04 Å². The number of para-hydroxylation sites is 1. The van der Waals surface area contributed by atoms with E-state index in [0.29, 0.717) is 11.8 Å². The van der Waals surface area contributed by atoms with Crippen LogP contribution in [0.25, 0.3) is 10.8 Å². The molecule has 5 nitrogen and oxygen atoms in total. The number of rotatable bonds is 6. The van der Waals surface area contributed by atoms with Crippen molar-refractivity contribution in [3.63, 3.8) is 0 Å². The SMILES string of the molecule is CC(c1nnc(-c2cccs2)o1)N(C)Cc1ccccc1N1CCCC1. The van der Waals surface area contributed by atoms with Crippen LogP contribution in [0.15, 0.2) is 46.2 Å². The van der Waals surface area contributed by atoms with E-state index in [2.05, 4.69) is 58.2 Å². The van der Waals surface area contributed by atoms with Gasteiger partial charge in [0.05, 0.1) is 10.9 Å². The Hall–Kier alpha value is -2.18. The first-order valence-electron chi connectivity index (χ1n) is 9.13. The molecule has 6 heteroatoms. The zero-order chi connectivity index (χ0) is 17.9. The lowest BCUT2D eigenvalue weighted by Gasteiger charge is -2.26. The molecule has 0 spiro atoms. The summed E-state index contributed by atoms with van der Waals surface area (Å²) in [5.41, 5.74) is 2.70. The van der Waals surface area contributed by atoms with Gasteiger partial charge in [0.2, 0.25) is 5.89 Å². The van der Waals surface area contributed by atoms with Gasteiger partial charge in [0, 0.05) is 25.3 Å². The summed E-state index contributed by atoms with van der Waals surface area (Å²) >= 11 is 1.61. The minimum absolute atomic E-state index is 0.0582. The molecular weight excluding hydrogens is 344 g/mol. The van der Waals surface area contributed by atoms with E-state index in [0.717, 1.165) is 24.5 Å². The molecule has 0 aliphatic carbocycles. The molecule has 1 unspecified atom stereocenters. The Morgan fingerprint density at radius 1 is 1.15 bits per heavy atom. The Balaban J connectivity index is 1.49. The molecule has 3 aromatic rings. The van der Waals surface area contributed by atoms with E-state index in [4.69, 9.17) is 4.42 Å². The van der Waals surface area contributed by atoms with Crippen LogP contribution in [0.4, 0.5) is 5.69 Å². The molecular formula is C20H24N4OS. The molecule has 1 aliphatic heterocycles. The van der Waals surface area contributed by atoms with Crippen LogP contribution in [0.1, 0.15) is 37.3 Å². The highest BCUT2D eigenvalue weighted by molar-refractivity contribution is 7.13. The first-order chi connectivity index (χ1) is 12.7. The van der Waals surface area contributed by atoms with Crippen LogP contribution in [0.5, 0.6) is 0 Å². The van der Waals surface area contributed by atoms with Crippen molar-refractivity contribution in [3.05, 3.63) is 53.2 Å². The summed E-state index contributed by atoms with van der Waals surface area (Å²) in [6.45, 7) is 5.28. The second-order valence-corrected chi connectivity index (χ2v) is 7.78. The van der Waals surface area contributed by atoms with E-state index in [1.54, 1.807) is 11.3 Å². The maximum atomic E-state index is 5.91. The van der Waals surface area contributed by atoms with Crippen LogP contribution in [0.3, 0.4) is 0 Å². The molecule has 0 amide bonds. The third-order valence-electron chi connectivity index (χ3n) is 5.05. The van der Waals surface area contributed by atoms with Crippen molar-refractivity contribution < 1.29 is 4.42 Å². The average molecular weight is 369 g/mol. The third-order valence-corrected chi connectivity index (χ3v) is 5.91. The highest BCUT2D eigenvalue weighted by Gasteiger charge is 2.22. The number of hydrogen-bond donors (Lipinski definition) is 0. The van der Waals surface area contributed by atoms with Crippen molar-refractivity contribution in [1.82, 2.24) is 15.1 Å². The Bertz CT molecular complexity index is 839. The number of benzene rings is 1. The second kappa shape index (κ2) is 7.60. The van der Waals surface area contributed by atoms with Gasteiger partial charge in [-0.2, -0.15) is 0 Å². The molecule has 136 valence electrons. The van der Waals surface area contributed by atoms with Crippen LogP contribution in [-0.4, -0.2) is 35.2 Å². The Kier molecular flexibility index (Phi) is 5.04.